The number of hydrogen-bond acceptors (Lipinski definition) is 6. The van der Waals surface area contributed by atoms with Crippen LogP contribution in [0.15, 0.2) is 63.1 Å². The van der Waals surface area contributed by atoms with E-state index in [-0.39, 0.29) is 4.90 Å². The molecule has 0 unspecified atom stereocenters. The van der Waals surface area contributed by atoms with Crippen LogP contribution in [0.1, 0.15) is 26.5 Å². The molecule has 0 amide bonds. The van der Waals surface area contributed by atoms with Gasteiger partial charge < -0.3 is 4.42 Å². The lowest BCUT2D eigenvalue weighted by molar-refractivity contribution is 0.445. The Balaban J connectivity index is 1.75. The molecule has 0 aliphatic carbocycles. The first-order valence-corrected chi connectivity index (χ1v) is 10.1. The zero-order chi connectivity index (χ0) is 19.4. The molecule has 0 radical (unpaired) electrons. The molecule has 7 nitrogen and oxygen atoms in total. The normalized spacial score (nSPS) is 12.7. The van der Waals surface area contributed by atoms with Gasteiger partial charge in [0.2, 0.25) is 10.0 Å². The van der Waals surface area contributed by atoms with Crippen LogP contribution in [0.3, 0.4) is 0 Å². The summed E-state index contributed by atoms with van der Waals surface area (Å²) >= 11 is 0. The maximum absolute atomic E-state index is 12.5. The molecule has 0 saturated carbocycles. The maximum atomic E-state index is 12.5. The first-order chi connectivity index (χ1) is 13.0. The number of nitrogens with zero attached hydrogens (tertiary/aromatic N) is 3. The summed E-state index contributed by atoms with van der Waals surface area (Å²) in [6.45, 7) is 6.27. The van der Waals surface area contributed by atoms with Crippen LogP contribution in [0.2, 0.25) is 0 Å². The summed E-state index contributed by atoms with van der Waals surface area (Å²) in [5.41, 5.74) is 4.29. The zero-order valence-corrected chi connectivity index (χ0v) is 16.3. The molecular weight excluding hydrogens is 364 g/mol. The number of hydrazone groups is 1. The number of fused-ring (bicyclic) bond motifs is 1. The Labute approximate surface area is 158 Å². The van der Waals surface area contributed by atoms with E-state index in [1.54, 1.807) is 19.9 Å². The van der Waals surface area contributed by atoms with Crippen molar-refractivity contribution in [2.75, 3.05) is 18.5 Å². The van der Waals surface area contributed by atoms with Gasteiger partial charge in [-0.3, -0.25) is 5.43 Å². The second-order valence-corrected chi connectivity index (χ2v) is 7.86. The largest absolute Gasteiger partial charge is 0.455 e. The quantitative estimate of drug-likeness (QED) is 0.494. The number of pyridine rings is 1. The molecule has 0 saturated heterocycles. The van der Waals surface area contributed by atoms with Crippen molar-refractivity contribution in [2.24, 2.45) is 5.10 Å². The molecule has 142 valence electrons. The highest BCUT2D eigenvalue weighted by molar-refractivity contribution is 7.89. The summed E-state index contributed by atoms with van der Waals surface area (Å²) in [5.74, 6) is 1.10. The fourth-order valence-electron chi connectivity index (χ4n) is 2.67. The van der Waals surface area contributed by atoms with Gasteiger partial charge in [0.05, 0.1) is 0 Å². The third-order valence-corrected chi connectivity index (χ3v) is 6.23. The van der Waals surface area contributed by atoms with Crippen LogP contribution in [-0.4, -0.2) is 36.5 Å². The molecule has 3 aromatic rings. The van der Waals surface area contributed by atoms with E-state index in [0.29, 0.717) is 30.4 Å². The van der Waals surface area contributed by atoms with Gasteiger partial charge in [-0.15, -0.1) is 0 Å². The van der Waals surface area contributed by atoms with Crippen molar-refractivity contribution < 1.29 is 12.8 Å². The van der Waals surface area contributed by atoms with Gasteiger partial charge in [-0.2, -0.15) is 9.41 Å². The zero-order valence-electron chi connectivity index (χ0n) is 15.5. The number of sulfonamides is 1. The Hall–Kier alpha value is -2.71. The number of anilines is 1. The van der Waals surface area contributed by atoms with Crippen molar-refractivity contribution in [1.82, 2.24) is 9.29 Å². The second-order valence-electron chi connectivity index (χ2n) is 5.93. The minimum absolute atomic E-state index is 0.162. The molecule has 1 aromatic carbocycles. The molecule has 0 aliphatic heterocycles. The van der Waals surface area contributed by atoms with Crippen molar-refractivity contribution in [3.63, 3.8) is 0 Å². The summed E-state index contributed by atoms with van der Waals surface area (Å²) in [6, 6.07) is 12.8. The third kappa shape index (κ3) is 4.01. The third-order valence-electron chi connectivity index (χ3n) is 4.20. The van der Waals surface area contributed by atoms with Crippen LogP contribution in [0.4, 0.5) is 5.82 Å². The van der Waals surface area contributed by atoms with E-state index in [4.69, 9.17) is 4.42 Å². The van der Waals surface area contributed by atoms with Gasteiger partial charge in [0.1, 0.15) is 22.0 Å². The van der Waals surface area contributed by atoms with E-state index >= 15 is 0 Å². The molecule has 1 N–H and O–H groups in total. The SMILES string of the molecule is CCN(CC)S(=O)(=O)c1ccc(NN=C(C)c2cc3ccccc3o2)nc1. The Morgan fingerprint density at radius 2 is 1.93 bits per heavy atom. The lowest BCUT2D eigenvalue weighted by Gasteiger charge is -2.18. The van der Waals surface area contributed by atoms with Crippen LogP contribution in [-0.2, 0) is 10.0 Å². The molecule has 2 heterocycles. The van der Waals surface area contributed by atoms with Crippen LogP contribution < -0.4 is 5.43 Å². The average Bonchev–Trinajstić information content (AvgIpc) is 3.11. The summed E-state index contributed by atoms with van der Waals surface area (Å²) < 4.78 is 32.1. The molecule has 0 spiro atoms. The van der Waals surface area contributed by atoms with E-state index in [9.17, 15) is 8.42 Å². The van der Waals surface area contributed by atoms with Crippen LogP contribution in [0.5, 0.6) is 0 Å². The standard InChI is InChI=1S/C19H22N4O3S/c1-4-23(5-2)27(24,25)16-10-11-19(20-13-16)22-21-14(3)18-12-15-8-6-7-9-17(15)26-18/h6-13H,4-5H2,1-3H3,(H,20,22). The number of aromatic nitrogens is 1. The number of nitrogens with one attached hydrogen (secondary N) is 1. The second kappa shape index (κ2) is 7.89. The lowest BCUT2D eigenvalue weighted by atomic mass is 10.2. The summed E-state index contributed by atoms with van der Waals surface area (Å²) in [4.78, 5) is 4.31. The monoisotopic (exact) mass is 386 g/mol. The number of para-hydroxylation sites is 1. The van der Waals surface area contributed by atoms with Crippen molar-refractivity contribution in [2.45, 2.75) is 25.7 Å². The molecular formula is C19H22N4O3S. The van der Waals surface area contributed by atoms with Gasteiger partial charge in [-0.1, -0.05) is 32.0 Å². The smallest absolute Gasteiger partial charge is 0.244 e. The predicted molar refractivity (Wildman–Crippen MR) is 106 cm³/mol. The highest BCUT2D eigenvalue weighted by Crippen LogP contribution is 2.20. The van der Waals surface area contributed by atoms with E-state index in [2.05, 4.69) is 15.5 Å². The molecule has 3 rings (SSSR count). The Morgan fingerprint density at radius 1 is 1.19 bits per heavy atom. The van der Waals surface area contributed by atoms with Gasteiger partial charge >= 0.3 is 0 Å². The number of rotatable bonds is 7. The molecule has 0 aliphatic rings. The van der Waals surface area contributed by atoms with Crippen LogP contribution >= 0.6 is 0 Å². The van der Waals surface area contributed by atoms with Gasteiger partial charge in [0.25, 0.3) is 0 Å². The summed E-state index contributed by atoms with van der Waals surface area (Å²) in [5, 5.41) is 5.28. The average molecular weight is 386 g/mol. The van der Waals surface area contributed by atoms with Crippen LogP contribution in [0, 0.1) is 0 Å². The van der Waals surface area contributed by atoms with Crippen molar-refractivity contribution in [1.29, 1.82) is 0 Å². The maximum Gasteiger partial charge on any atom is 0.244 e. The minimum Gasteiger partial charge on any atom is -0.455 e. The van der Waals surface area contributed by atoms with E-state index in [1.807, 2.05) is 37.3 Å². The van der Waals surface area contributed by atoms with Gasteiger partial charge in [-0.25, -0.2) is 13.4 Å². The van der Waals surface area contributed by atoms with Crippen molar-refractivity contribution >= 4 is 32.5 Å². The molecule has 0 atom stereocenters. The molecule has 0 bridgehead atoms. The molecule has 2 aromatic heterocycles. The van der Waals surface area contributed by atoms with Gasteiger partial charge in [0.15, 0.2) is 5.76 Å². The lowest BCUT2D eigenvalue weighted by Crippen LogP contribution is -2.30. The fraction of sp³-hybridized carbons (Fsp3) is 0.263. The van der Waals surface area contributed by atoms with Gasteiger partial charge in [-0.05, 0) is 31.2 Å². The van der Waals surface area contributed by atoms with E-state index in [1.165, 1.54) is 16.6 Å². The topological polar surface area (TPSA) is 87.8 Å². The fourth-order valence-corrected chi connectivity index (χ4v) is 4.07. The highest BCUT2D eigenvalue weighted by atomic mass is 32.2. The first-order valence-electron chi connectivity index (χ1n) is 8.71. The summed E-state index contributed by atoms with van der Waals surface area (Å²) in [7, 11) is -3.51. The minimum atomic E-state index is -3.51. The van der Waals surface area contributed by atoms with E-state index < -0.39 is 10.0 Å². The van der Waals surface area contributed by atoms with E-state index in [0.717, 1.165) is 11.0 Å². The highest BCUT2D eigenvalue weighted by Gasteiger charge is 2.21. The van der Waals surface area contributed by atoms with Crippen molar-refractivity contribution in [3.05, 3.63) is 54.4 Å². The van der Waals surface area contributed by atoms with Gasteiger partial charge in [0, 0.05) is 24.7 Å². The Bertz CT molecular complexity index is 1020. The molecule has 27 heavy (non-hydrogen) atoms. The first kappa shape index (κ1) is 19.1. The molecule has 8 heteroatoms. The van der Waals surface area contributed by atoms with Crippen molar-refractivity contribution in [3.8, 4) is 0 Å². The Kier molecular flexibility index (Phi) is 5.57. The number of hydrogen-bond donors (Lipinski definition) is 1. The summed E-state index contributed by atoms with van der Waals surface area (Å²) in [6.07, 6.45) is 1.34. The number of furan rings is 1. The number of benzene rings is 1. The predicted octanol–water partition coefficient (Wildman–Crippen LogP) is 3.69. The van der Waals surface area contributed by atoms with Crippen LogP contribution in [0.25, 0.3) is 11.0 Å². The Morgan fingerprint density at radius 3 is 2.56 bits per heavy atom. The molecule has 0 fully saturated rings.